The quantitative estimate of drug-likeness (QED) is 0.574. The van der Waals surface area contributed by atoms with Gasteiger partial charge in [0.1, 0.15) is 9.88 Å². The van der Waals surface area contributed by atoms with Crippen molar-refractivity contribution in [2.45, 2.75) is 6.92 Å². The highest BCUT2D eigenvalue weighted by molar-refractivity contribution is 7.18. The van der Waals surface area contributed by atoms with Crippen LogP contribution in [-0.4, -0.2) is 21.1 Å². The van der Waals surface area contributed by atoms with E-state index in [1.807, 2.05) is 43.3 Å². The number of aromatic nitrogens is 3. The van der Waals surface area contributed by atoms with Gasteiger partial charge in [-0.2, -0.15) is 0 Å². The van der Waals surface area contributed by atoms with E-state index in [0.717, 1.165) is 10.6 Å². The second-order valence-corrected chi connectivity index (χ2v) is 7.30. The molecule has 6 nitrogen and oxygen atoms in total. The molecule has 1 amide bonds. The maximum atomic E-state index is 12.8. The molecule has 4 rings (SSSR count). The Morgan fingerprint density at radius 1 is 1.08 bits per heavy atom. The highest BCUT2D eigenvalue weighted by Crippen LogP contribution is 2.34. The van der Waals surface area contributed by atoms with Crippen LogP contribution in [0, 0.1) is 6.92 Å². The van der Waals surface area contributed by atoms with E-state index in [1.54, 1.807) is 12.3 Å². The maximum Gasteiger partial charge on any atom is 0.269 e. The fourth-order valence-corrected chi connectivity index (χ4v) is 3.81. The SMILES string of the molecule is Cc1nnc(NC(=O)c2sc(-c3ccco3)nc2-c2ccccc2)s1. The van der Waals surface area contributed by atoms with Crippen LogP contribution in [0.2, 0.25) is 0 Å². The number of thiazole rings is 1. The standard InChI is InChI=1S/C17H12N4O2S2/c1-10-20-21-17(24-10)19-15(22)14-13(11-6-3-2-4-7-11)18-16(25-14)12-8-5-9-23-12/h2-9H,1H3,(H,19,21,22). The van der Waals surface area contributed by atoms with Crippen LogP contribution in [0.4, 0.5) is 5.13 Å². The van der Waals surface area contributed by atoms with Crippen molar-refractivity contribution in [1.29, 1.82) is 0 Å². The Morgan fingerprint density at radius 2 is 1.92 bits per heavy atom. The van der Waals surface area contributed by atoms with E-state index < -0.39 is 0 Å². The topological polar surface area (TPSA) is 80.9 Å². The van der Waals surface area contributed by atoms with Gasteiger partial charge in [0.05, 0.1) is 12.0 Å². The molecule has 1 aromatic carbocycles. The van der Waals surface area contributed by atoms with Gasteiger partial charge in [-0.3, -0.25) is 10.1 Å². The predicted octanol–water partition coefficient (Wildman–Crippen LogP) is 4.48. The van der Waals surface area contributed by atoms with Crippen LogP contribution in [0.25, 0.3) is 22.0 Å². The Morgan fingerprint density at radius 3 is 2.60 bits per heavy atom. The fraction of sp³-hybridized carbons (Fsp3) is 0.0588. The van der Waals surface area contributed by atoms with Crippen molar-refractivity contribution in [2.24, 2.45) is 0 Å². The van der Waals surface area contributed by atoms with Gasteiger partial charge in [0.2, 0.25) is 5.13 Å². The molecule has 124 valence electrons. The van der Waals surface area contributed by atoms with E-state index in [4.69, 9.17) is 4.42 Å². The Labute approximate surface area is 151 Å². The summed E-state index contributed by atoms with van der Waals surface area (Å²) in [6.45, 7) is 1.84. The van der Waals surface area contributed by atoms with E-state index in [1.165, 1.54) is 22.7 Å². The molecule has 8 heteroatoms. The average molecular weight is 368 g/mol. The first-order chi connectivity index (χ1) is 12.2. The Balaban J connectivity index is 1.75. The second-order valence-electron chi connectivity index (χ2n) is 5.12. The largest absolute Gasteiger partial charge is 0.462 e. The van der Waals surface area contributed by atoms with E-state index in [2.05, 4.69) is 20.5 Å². The minimum atomic E-state index is -0.259. The monoisotopic (exact) mass is 368 g/mol. The molecule has 0 aliphatic rings. The number of furan rings is 1. The Bertz CT molecular complexity index is 1010. The van der Waals surface area contributed by atoms with E-state index in [-0.39, 0.29) is 5.91 Å². The van der Waals surface area contributed by atoms with Crippen LogP contribution >= 0.6 is 22.7 Å². The van der Waals surface area contributed by atoms with Crippen LogP contribution in [0.5, 0.6) is 0 Å². The highest BCUT2D eigenvalue weighted by atomic mass is 32.1. The fourth-order valence-electron chi connectivity index (χ4n) is 2.27. The number of rotatable bonds is 4. The van der Waals surface area contributed by atoms with Crippen molar-refractivity contribution in [1.82, 2.24) is 15.2 Å². The number of hydrogen-bond acceptors (Lipinski definition) is 7. The van der Waals surface area contributed by atoms with Gasteiger partial charge in [-0.25, -0.2) is 4.98 Å². The summed E-state index contributed by atoms with van der Waals surface area (Å²) >= 11 is 2.61. The molecule has 0 fully saturated rings. The molecule has 0 unspecified atom stereocenters. The average Bonchev–Trinajstić information content (AvgIpc) is 3.35. The Hall–Kier alpha value is -2.84. The summed E-state index contributed by atoms with van der Waals surface area (Å²) in [6, 6.07) is 13.2. The summed E-state index contributed by atoms with van der Waals surface area (Å²) in [4.78, 5) is 17.9. The first-order valence-electron chi connectivity index (χ1n) is 7.42. The minimum absolute atomic E-state index is 0.259. The highest BCUT2D eigenvalue weighted by Gasteiger charge is 2.22. The van der Waals surface area contributed by atoms with Crippen LogP contribution in [0.3, 0.4) is 0 Å². The number of anilines is 1. The number of benzene rings is 1. The molecule has 0 saturated carbocycles. The van der Waals surface area contributed by atoms with E-state index in [0.29, 0.717) is 26.5 Å². The molecule has 0 saturated heterocycles. The van der Waals surface area contributed by atoms with Crippen molar-refractivity contribution in [3.05, 3.63) is 58.6 Å². The first kappa shape index (κ1) is 15.7. The van der Waals surface area contributed by atoms with Crippen molar-refractivity contribution < 1.29 is 9.21 Å². The summed E-state index contributed by atoms with van der Waals surface area (Å²) in [5.74, 6) is 0.373. The molecule has 0 atom stereocenters. The number of aryl methyl sites for hydroxylation is 1. The van der Waals surface area contributed by atoms with Gasteiger partial charge in [0, 0.05) is 5.56 Å². The van der Waals surface area contributed by atoms with Gasteiger partial charge in [-0.15, -0.1) is 21.5 Å². The summed E-state index contributed by atoms with van der Waals surface area (Å²) in [6.07, 6.45) is 1.59. The second kappa shape index (κ2) is 6.58. The van der Waals surface area contributed by atoms with Crippen molar-refractivity contribution in [3.8, 4) is 22.0 Å². The number of nitrogens with one attached hydrogen (secondary N) is 1. The lowest BCUT2D eigenvalue weighted by molar-refractivity contribution is 0.103. The summed E-state index contributed by atoms with van der Waals surface area (Å²) < 4.78 is 5.42. The molecule has 0 radical (unpaired) electrons. The lowest BCUT2D eigenvalue weighted by atomic mass is 10.1. The van der Waals surface area contributed by atoms with Gasteiger partial charge in [-0.1, -0.05) is 41.7 Å². The maximum absolute atomic E-state index is 12.8. The van der Waals surface area contributed by atoms with Gasteiger partial charge in [-0.05, 0) is 19.1 Å². The molecule has 0 aliphatic carbocycles. The number of carbonyl (C=O) groups excluding carboxylic acids is 1. The van der Waals surface area contributed by atoms with Gasteiger partial charge >= 0.3 is 0 Å². The smallest absolute Gasteiger partial charge is 0.269 e. The number of amides is 1. The van der Waals surface area contributed by atoms with Crippen LogP contribution < -0.4 is 5.32 Å². The molecule has 25 heavy (non-hydrogen) atoms. The predicted molar refractivity (Wildman–Crippen MR) is 97.9 cm³/mol. The summed E-state index contributed by atoms with van der Waals surface area (Å²) in [5, 5.41) is 12.6. The van der Waals surface area contributed by atoms with E-state index in [9.17, 15) is 4.79 Å². The zero-order valence-electron chi connectivity index (χ0n) is 13.1. The van der Waals surface area contributed by atoms with Crippen molar-refractivity contribution in [2.75, 3.05) is 5.32 Å². The third-order valence-electron chi connectivity index (χ3n) is 3.36. The van der Waals surface area contributed by atoms with E-state index >= 15 is 0 Å². The third-order valence-corrected chi connectivity index (χ3v) is 5.18. The van der Waals surface area contributed by atoms with Crippen LogP contribution in [0.1, 0.15) is 14.7 Å². The first-order valence-corrected chi connectivity index (χ1v) is 9.05. The van der Waals surface area contributed by atoms with Crippen LogP contribution in [0.15, 0.2) is 53.1 Å². The normalized spacial score (nSPS) is 10.8. The number of carbonyl (C=O) groups is 1. The summed E-state index contributed by atoms with van der Waals surface area (Å²) in [7, 11) is 0. The Kier molecular flexibility index (Phi) is 4.12. The van der Waals surface area contributed by atoms with Crippen molar-refractivity contribution >= 4 is 33.7 Å². The zero-order chi connectivity index (χ0) is 17.2. The molecular weight excluding hydrogens is 356 g/mol. The number of nitrogens with zero attached hydrogens (tertiary/aromatic N) is 3. The molecule has 0 bridgehead atoms. The molecule has 3 heterocycles. The van der Waals surface area contributed by atoms with Gasteiger partial charge in [0.15, 0.2) is 10.8 Å². The lowest BCUT2D eigenvalue weighted by Crippen LogP contribution is -2.11. The van der Waals surface area contributed by atoms with Gasteiger partial charge in [0.25, 0.3) is 5.91 Å². The van der Waals surface area contributed by atoms with Gasteiger partial charge < -0.3 is 4.42 Å². The minimum Gasteiger partial charge on any atom is -0.462 e. The molecule has 1 N–H and O–H groups in total. The molecule has 4 aromatic rings. The lowest BCUT2D eigenvalue weighted by Gasteiger charge is -2.02. The summed E-state index contributed by atoms with van der Waals surface area (Å²) in [5.41, 5.74) is 1.49. The number of hydrogen-bond donors (Lipinski definition) is 1. The van der Waals surface area contributed by atoms with Crippen molar-refractivity contribution in [3.63, 3.8) is 0 Å². The zero-order valence-corrected chi connectivity index (χ0v) is 14.7. The molecular formula is C17H12N4O2S2. The molecule has 0 aliphatic heterocycles. The molecule has 3 aromatic heterocycles. The molecule has 0 spiro atoms. The third kappa shape index (κ3) is 3.21. The van der Waals surface area contributed by atoms with Crippen LogP contribution in [-0.2, 0) is 0 Å².